The fourth-order valence-corrected chi connectivity index (χ4v) is 4.60. The summed E-state index contributed by atoms with van der Waals surface area (Å²) in [7, 11) is 0. The smallest absolute Gasteiger partial charge is 0.247 e. The summed E-state index contributed by atoms with van der Waals surface area (Å²) in [6, 6.07) is 10.8. The normalized spacial score (nSPS) is 19.3. The van der Waals surface area contributed by atoms with Crippen LogP contribution in [0.15, 0.2) is 41.8 Å². The zero-order valence-corrected chi connectivity index (χ0v) is 16.4. The van der Waals surface area contributed by atoms with Crippen LogP contribution in [-0.2, 0) is 20.8 Å². The Morgan fingerprint density at radius 3 is 2.79 bits per heavy atom. The first-order valence-electron chi connectivity index (χ1n) is 9.65. The standard InChI is InChI=1S/C21H23N3O3S/c25-19-9-3-10-23(19)16-6-1-5-15(13-16)22-21(27)18-8-2-11-24(18)20(26)14-17-7-4-12-28-17/h1,4-7,12-13,18H,2-3,8-11,14H2,(H,22,27)/t18-/m0/s1. The van der Waals surface area contributed by atoms with Crippen LogP contribution in [0.25, 0.3) is 0 Å². The van der Waals surface area contributed by atoms with Crippen molar-refractivity contribution < 1.29 is 14.4 Å². The lowest BCUT2D eigenvalue weighted by Gasteiger charge is -2.24. The van der Waals surface area contributed by atoms with E-state index in [0.717, 1.165) is 23.4 Å². The first-order valence-corrected chi connectivity index (χ1v) is 10.5. The van der Waals surface area contributed by atoms with Crippen molar-refractivity contribution in [2.45, 2.75) is 38.1 Å². The monoisotopic (exact) mass is 397 g/mol. The number of anilines is 2. The zero-order chi connectivity index (χ0) is 19.5. The third kappa shape index (κ3) is 3.94. The van der Waals surface area contributed by atoms with Crippen LogP contribution in [-0.4, -0.2) is 41.8 Å². The molecule has 3 heterocycles. The first kappa shape index (κ1) is 18.7. The second-order valence-corrected chi connectivity index (χ2v) is 8.22. The van der Waals surface area contributed by atoms with Gasteiger partial charge in [0.05, 0.1) is 6.42 Å². The molecule has 2 saturated heterocycles. The Balaban J connectivity index is 1.42. The number of likely N-dealkylation sites (tertiary alicyclic amines) is 1. The highest BCUT2D eigenvalue weighted by Gasteiger charge is 2.34. The van der Waals surface area contributed by atoms with Crippen LogP contribution < -0.4 is 10.2 Å². The lowest BCUT2D eigenvalue weighted by molar-refractivity contribution is -0.136. The summed E-state index contributed by atoms with van der Waals surface area (Å²) in [4.78, 5) is 41.9. The number of rotatable bonds is 5. The van der Waals surface area contributed by atoms with Crippen molar-refractivity contribution in [3.63, 3.8) is 0 Å². The van der Waals surface area contributed by atoms with Crippen LogP contribution in [0.1, 0.15) is 30.6 Å². The Kier molecular flexibility index (Phi) is 5.43. The molecule has 7 heteroatoms. The van der Waals surface area contributed by atoms with E-state index in [9.17, 15) is 14.4 Å². The average molecular weight is 398 g/mol. The fourth-order valence-electron chi connectivity index (χ4n) is 3.90. The van der Waals surface area contributed by atoms with Crippen LogP contribution in [0.2, 0.25) is 0 Å². The van der Waals surface area contributed by atoms with Crippen molar-refractivity contribution in [1.82, 2.24) is 4.90 Å². The first-order chi connectivity index (χ1) is 13.6. The molecule has 2 fully saturated rings. The van der Waals surface area contributed by atoms with Gasteiger partial charge in [0.1, 0.15) is 6.04 Å². The minimum absolute atomic E-state index is 0.00323. The lowest BCUT2D eigenvalue weighted by Crippen LogP contribution is -2.43. The summed E-state index contributed by atoms with van der Waals surface area (Å²) in [5.74, 6) is -0.0527. The lowest BCUT2D eigenvalue weighted by atomic mass is 10.2. The molecule has 146 valence electrons. The van der Waals surface area contributed by atoms with Gasteiger partial charge in [-0.05, 0) is 48.9 Å². The van der Waals surface area contributed by atoms with Gasteiger partial charge in [0.2, 0.25) is 17.7 Å². The van der Waals surface area contributed by atoms with E-state index in [-0.39, 0.29) is 17.7 Å². The molecule has 6 nitrogen and oxygen atoms in total. The number of hydrogen-bond acceptors (Lipinski definition) is 4. The number of nitrogens with zero attached hydrogens (tertiary/aromatic N) is 2. The summed E-state index contributed by atoms with van der Waals surface area (Å²) in [5, 5.41) is 4.89. The average Bonchev–Trinajstić information content (AvgIpc) is 3.43. The van der Waals surface area contributed by atoms with Crippen molar-refractivity contribution in [2.24, 2.45) is 0 Å². The molecule has 0 bridgehead atoms. The molecule has 2 aliphatic rings. The molecule has 2 aliphatic heterocycles. The van der Waals surface area contributed by atoms with Gasteiger partial charge in [-0.3, -0.25) is 14.4 Å². The van der Waals surface area contributed by atoms with E-state index in [1.165, 1.54) is 0 Å². The number of nitrogens with one attached hydrogen (secondary N) is 1. The summed E-state index contributed by atoms with van der Waals surface area (Å²) >= 11 is 1.56. The maximum atomic E-state index is 12.8. The molecule has 1 aromatic heterocycles. The predicted octanol–water partition coefficient (Wildman–Crippen LogP) is 3.05. The van der Waals surface area contributed by atoms with Gasteiger partial charge < -0.3 is 15.1 Å². The van der Waals surface area contributed by atoms with Crippen LogP contribution >= 0.6 is 11.3 Å². The van der Waals surface area contributed by atoms with Crippen molar-refractivity contribution in [3.8, 4) is 0 Å². The van der Waals surface area contributed by atoms with E-state index < -0.39 is 6.04 Å². The van der Waals surface area contributed by atoms with Crippen LogP contribution in [0, 0.1) is 0 Å². The quantitative estimate of drug-likeness (QED) is 0.843. The Morgan fingerprint density at radius 2 is 2.04 bits per heavy atom. The van der Waals surface area contributed by atoms with Crippen molar-refractivity contribution in [1.29, 1.82) is 0 Å². The second kappa shape index (κ2) is 8.14. The molecule has 1 aromatic carbocycles. The number of amides is 3. The Hall–Kier alpha value is -2.67. The molecule has 0 aliphatic carbocycles. The largest absolute Gasteiger partial charge is 0.330 e. The minimum Gasteiger partial charge on any atom is -0.330 e. The topological polar surface area (TPSA) is 69.7 Å². The number of hydrogen-bond donors (Lipinski definition) is 1. The maximum Gasteiger partial charge on any atom is 0.247 e. The van der Waals surface area contributed by atoms with E-state index >= 15 is 0 Å². The summed E-state index contributed by atoms with van der Waals surface area (Å²) < 4.78 is 0. The van der Waals surface area contributed by atoms with E-state index in [2.05, 4.69) is 5.32 Å². The molecule has 1 atom stereocenters. The molecule has 0 radical (unpaired) electrons. The number of carbonyl (C=O) groups excluding carboxylic acids is 3. The van der Waals surface area contributed by atoms with E-state index in [1.54, 1.807) is 21.1 Å². The van der Waals surface area contributed by atoms with Crippen LogP contribution in [0.4, 0.5) is 11.4 Å². The van der Waals surface area contributed by atoms with Gasteiger partial charge in [0.25, 0.3) is 0 Å². The maximum absolute atomic E-state index is 12.8. The molecule has 0 spiro atoms. The van der Waals surface area contributed by atoms with Gasteiger partial charge in [0, 0.05) is 35.8 Å². The molecular weight excluding hydrogens is 374 g/mol. The van der Waals surface area contributed by atoms with E-state index in [1.807, 2.05) is 41.8 Å². The molecule has 3 amide bonds. The molecule has 28 heavy (non-hydrogen) atoms. The van der Waals surface area contributed by atoms with E-state index in [0.29, 0.717) is 38.0 Å². The predicted molar refractivity (Wildman–Crippen MR) is 109 cm³/mol. The Labute approximate surface area is 168 Å². The summed E-state index contributed by atoms with van der Waals surface area (Å²) in [6.07, 6.45) is 3.27. The number of thiophene rings is 1. The highest BCUT2D eigenvalue weighted by molar-refractivity contribution is 7.10. The highest BCUT2D eigenvalue weighted by atomic mass is 32.1. The van der Waals surface area contributed by atoms with Gasteiger partial charge in [-0.15, -0.1) is 11.3 Å². The Bertz CT molecular complexity index is 881. The fraction of sp³-hybridized carbons (Fsp3) is 0.381. The SMILES string of the molecule is O=C(Nc1cccc(N2CCCC2=O)c1)[C@@H]1CCCN1C(=O)Cc1cccs1. The molecule has 1 N–H and O–H groups in total. The Morgan fingerprint density at radius 1 is 1.14 bits per heavy atom. The molecule has 0 saturated carbocycles. The molecule has 2 aromatic rings. The van der Waals surface area contributed by atoms with Gasteiger partial charge in [0.15, 0.2) is 0 Å². The van der Waals surface area contributed by atoms with Gasteiger partial charge >= 0.3 is 0 Å². The second-order valence-electron chi connectivity index (χ2n) is 7.19. The van der Waals surface area contributed by atoms with Crippen LogP contribution in [0.5, 0.6) is 0 Å². The number of benzene rings is 1. The molecular formula is C21H23N3O3S. The van der Waals surface area contributed by atoms with Gasteiger partial charge in [-0.1, -0.05) is 12.1 Å². The zero-order valence-electron chi connectivity index (χ0n) is 15.6. The molecule has 0 unspecified atom stereocenters. The third-order valence-corrected chi connectivity index (χ3v) is 6.16. The summed E-state index contributed by atoms with van der Waals surface area (Å²) in [6.45, 7) is 1.33. The number of carbonyl (C=O) groups is 3. The minimum atomic E-state index is -0.440. The van der Waals surface area contributed by atoms with E-state index in [4.69, 9.17) is 0 Å². The van der Waals surface area contributed by atoms with Gasteiger partial charge in [-0.2, -0.15) is 0 Å². The highest BCUT2D eigenvalue weighted by Crippen LogP contribution is 2.26. The molecule has 4 rings (SSSR count). The van der Waals surface area contributed by atoms with Crippen molar-refractivity contribution in [2.75, 3.05) is 23.3 Å². The van der Waals surface area contributed by atoms with Crippen molar-refractivity contribution >= 4 is 40.4 Å². The third-order valence-electron chi connectivity index (χ3n) is 5.28. The van der Waals surface area contributed by atoms with Crippen molar-refractivity contribution in [3.05, 3.63) is 46.7 Å². The summed E-state index contributed by atoms with van der Waals surface area (Å²) in [5.41, 5.74) is 1.46. The van der Waals surface area contributed by atoms with Crippen LogP contribution in [0.3, 0.4) is 0 Å². The van der Waals surface area contributed by atoms with Gasteiger partial charge in [-0.25, -0.2) is 0 Å².